The van der Waals surface area contributed by atoms with E-state index < -0.39 is 39.5 Å². The summed E-state index contributed by atoms with van der Waals surface area (Å²) in [7, 11) is 0. The molecule has 0 spiro atoms. The largest absolute Gasteiger partial charge is 0.481 e. The van der Waals surface area contributed by atoms with E-state index in [-0.39, 0.29) is 57.8 Å². The summed E-state index contributed by atoms with van der Waals surface area (Å²) in [4.78, 5) is 62.2. The Labute approximate surface area is 373 Å². The van der Waals surface area contributed by atoms with E-state index in [1.165, 1.54) is 18.4 Å². The van der Waals surface area contributed by atoms with Crippen LogP contribution in [0.5, 0.6) is 0 Å². The van der Waals surface area contributed by atoms with Crippen LogP contribution in [-0.4, -0.2) is 75.9 Å². The van der Waals surface area contributed by atoms with Gasteiger partial charge in [0.05, 0.1) is 16.7 Å². The Kier molecular flexibility index (Phi) is 10.5. The number of nitrogens with zero attached hydrogens (tertiary/aromatic N) is 2. The average molecular weight is 853 g/mol. The molecule has 2 N–H and O–H groups in total. The third-order valence-electron chi connectivity index (χ3n) is 22.5. The molecule has 2 heterocycles. The van der Waals surface area contributed by atoms with Crippen molar-refractivity contribution in [2.75, 3.05) is 26.2 Å². The molecule has 342 valence electrons. The minimum atomic E-state index is -1.07. The molecule has 2 saturated heterocycles. The van der Waals surface area contributed by atoms with Gasteiger partial charge >= 0.3 is 11.9 Å². The SMILES string of the molecule is CC(C)C1(Cc2ccccc2)C(=O)C[C@]2(C(=O)N3CCC[C@H]3CN3CCCC3)CC[C@]3(C)[C@@H](CC[C@@H]4[C@]5(C)CC[C@H]([C@@]6(C(=O)O)C[C@@H](C(=O)O)C6(C)C)C(C)(C)[C@H]5CC[C@]43C)C12. The first-order chi connectivity index (χ1) is 29.1. The first-order valence-corrected chi connectivity index (χ1v) is 25.2. The van der Waals surface area contributed by atoms with E-state index in [1.807, 2.05) is 13.8 Å². The molecule has 9 rings (SSSR count). The number of benzene rings is 1. The van der Waals surface area contributed by atoms with Crippen LogP contribution in [0.1, 0.15) is 158 Å². The fourth-order valence-electron chi connectivity index (χ4n) is 19.3. The van der Waals surface area contributed by atoms with E-state index in [9.17, 15) is 19.8 Å². The van der Waals surface area contributed by atoms with Gasteiger partial charge in [0.1, 0.15) is 5.78 Å². The van der Waals surface area contributed by atoms with Gasteiger partial charge in [0.15, 0.2) is 0 Å². The van der Waals surface area contributed by atoms with Crippen molar-refractivity contribution in [3.63, 3.8) is 0 Å². The van der Waals surface area contributed by atoms with Crippen molar-refractivity contribution in [3.8, 4) is 0 Å². The summed E-state index contributed by atoms with van der Waals surface area (Å²) in [5, 5.41) is 21.2. The van der Waals surface area contributed by atoms with Crippen LogP contribution in [0.4, 0.5) is 0 Å². The fraction of sp³-hybridized carbons (Fsp3) is 0.815. The number of ketones is 1. The Bertz CT molecular complexity index is 1970. The summed E-state index contributed by atoms with van der Waals surface area (Å²) in [6, 6.07) is 10.9. The normalized spacial score (nSPS) is 45.7. The number of hydrogen-bond acceptors (Lipinski definition) is 5. The molecule has 8 heteroatoms. The van der Waals surface area contributed by atoms with Gasteiger partial charge in [-0.05, 0) is 171 Å². The highest BCUT2D eigenvalue weighted by atomic mass is 16.4. The fourth-order valence-corrected chi connectivity index (χ4v) is 19.3. The topological polar surface area (TPSA) is 115 Å². The van der Waals surface area contributed by atoms with Gasteiger partial charge in [0, 0.05) is 31.0 Å². The van der Waals surface area contributed by atoms with Crippen molar-refractivity contribution in [1.82, 2.24) is 9.80 Å². The van der Waals surface area contributed by atoms with Gasteiger partial charge in [-0.15, -0.1) is 0 Å². The van der Waals surface area contributed by atoms with Crippen LogP contribution < -0.4 is 0 Å². The molecule has 0 radical (unpaired) electrons. The smallest absolute Gasteiger partial charge is 0.310 e. The monoisotopic (exact) mass is 853 g/mol. The molecule has 8 aliphatic rings. The molecule has 2 unspecified atom stereocenters. The minimum absolute atomic E-state index is 0.00582. The maximum Gasteiger partial charge on any atom is 0.310 e. The summed E-state index contributed by atoms with van der Waals surface area (Å²) >= 11 is 0. The average Bonchev–Trinajstić information content (AvgIpc) is 3.95. The lowest BCUT2D eigenvalue weighted by atomic mass is 9.29. The van der Waals surface area contributed by atoms with Crippen LogP contribution in [0.25, 0.3) is 0 Å². The molecule has 13 atom stereocenters. The molecular formula is C54H80N2O6. The van der Waals surface area contributed by atoms with Crippen LogP contribution in [0, 0.1) is 84.7 Å². The zero-order valence-corrected chi connectivity index (χ0v) is 39.9. The summed E-state index contributed by atoms with van der Waals surface area (Å²) in [6.07, 6.45) is 13.5. The third-order valence-corrected chi connectivity index (χ3v) is 22.5. The van der Waals surface area contributed by atoms with Crippen LogP contribution >= 0.6 is 0 Å². The van der Waals surface area contributed by atoms with Crippen molar-refractivity contribution in [1.29, 1.82) is 0 Å². The highest BCUT2D eigenvalue weighted by molar-refractivity contribution is 5.98. The molecule has 1 aromatic rings. The summed E-state index contributed by atoms with van der Waals surface area (Å²) in [5.74, 6) is -0.783. The highest BCUT2D eigenvalue weighted by Gasteiger charge is 2.78. The minimum Gasteiger partial charge on any atom is -0.481 e. The Morgan fingerprint density at radius 3 is 2.06 bits per heavy atom. The number of aliphatic carboxylic acids is 2. The lowest BCUT2D eigenvalue weighted by Gasteiger charge is -2.75. The molecule has 6 saturated carbocycles. The predicted octanol–water partition coefficient (Wildman–Crippen LogP) is 10.4. The van der Waals surface area contributed by atoms with Crippen molar-refractivity contribution < 1.29 is 29.4 Å². The lowest BCUT2D eigenvalue weighted by Crippen LogP contribution is -2.71. The Hall–Kier alpha value is -2.74. The van der Waals surface area contributed by atoms with Gasteiger partial charge in [-0.3, -0.25) is 19.2 Å². The maximum absolute atomic E-state index is 15.9. The number of likely N-dealkylation sites (tertiary alicyclic amines) is 2. The maximum atomic E-state index is 15.9. The Balaban J connectivity index is 1.09. The van der Waals surface area contributed by atoms with Gasteiger partial charge in [0.25, 0.3) is 0 Å². The first-order valence-electron chi connectivity index (χ1n) is 25.2. The molecular weight excluding hydrogens is 773 g/mol. The third kappa shape index (κ3) is 5.64. The van der Waals surface area contributed by atoms with Crippen LogP contribution in [0.3, 0.4) is 0 Å². The molecule has 8 fully saturated rings. The summed E-state index contributed by atoms with van der Waals surface area (Å²) < 4.78 is 0. The molecule has 62 heavy (non-hydrogen) atoms. The van der Waals surface area contributed by atoms with Crippen molar-refractivity contribution in [3.05, 3.63) is 35.9 Å². The van der Waals surface area contributed by atoms with E-state index in [0.29, 0.717) is 36.4 Å². The number of fused-ring (bicyclic) bond motifs is 7. The number of hydrogen-bond donors (Lipinski definition) is 2. The number of carbonyl (C=O) groups excluding carboxylic acids is 2. The molecule has 8 nitrogen and oxygen atoms in total. The Morgan fingerprint density at radius 1 is 0.758 bits per heavy atom. The molecule has 0 bridgehead atoms. The van der Waals surface area contributed by atoms with Crippen molar-refractivity contribution in [2.24, 2.45) is 84.7 Å². The first kappa shape index (κ1) is 44.5. The number of Topliss-reactive ketones (excluding diaryl/α,β-unsaturated/α-hetero) is 1. The van der Waals surface area contributed by atoms with Crippen LogP contribution in [0.2, 0.25) is 0 Å². The number of carboxylic acid groups (broad SMARTS) is 2. The summed E-state index contributed by atoms with van der Waals surface area (Å²) in [5.41, 5.74) is -2.41. The Morgan fingerprint density at radius 2 is 1.44 bits per heavy atom. The number of carboxylic acids is 2. The zero-order valence-electron chi connectivity index (χ0n) is 39.9. The predicted molar refractivity (Wildman–Crippen MR) is 242 cm³/mol. The summed E-state index contributed by atoms with van der Waals surface area (Å²) in [6.45, 7) is 24.8. The van der Waals surface area contributed by atoms with Gasteiger partial charge in [0.2, 0.25) is 5.91 Å². The zero-order chi connectivity index (χ0) is 44.6. The van der Waals surface area contributed by atoms with Crippen molar-refractivity contribution >= 4 is 23.6 Å². The van der Waals surface area contributed by atoms with E-state index in [0.717, 1.165) is 90.4 Å². The number of rotatable bonds is 9. The van der Waals surface area contributed by atoms with E-state index in [1.54, 1.807) is 0 Å². The second-order valence-electron chi connectivity index (χ2n) is 25.1. The van der Waals surface area contributed by atoms with Gasteiger partial charge in [-0.1, -0.05) is 92.6 Å². The van der Waals surface area contributed by atoms with Gasteiger partial charge in [-0.25, -0.2) is 0 Å². The van der Waals surface area contributed by atoms with Crippen LogP contribution in [-0.2, 0) is 25.6 Å². The number of amides is 1. The van der Waals surface area contributed by atoms with E-state index >= 15 is 9.59 Å². The molecule has 1 aromatic carbocycles. The molecule has 0 aromatic heterocycles. The van der Waals surface area contributed by atoms with Crippen molar-refractivity contribution in [2.45, 2.75) is 165 Å². The highest BCUT2D eigenvalue weighted by Crippen LogP contribution is 2.81. The second-order valence-corrected chi connectivity index (χ2v) is 25.1. The second kappa shape index (κ2) is 14.6. The standard InChI is InChI=1S/C54H80N2O6/c1-34(2)53(30-35-16-11-10-12-17-35)42(57)32-52(45(60)56-29-15-18-36(56)33-55-27-13-14-28-55)26-25-50(8)37(43(52)53)19-20-41-49(7)23-21-40(47(3,4)39(49)22-24-51(41,50)9)54(46(61)62)31-38(44(58)59)48(54,5)6/h10-12,16-17,34,36-41,43H,13-15,18-33H2,1-9H3,(H,58,59)(H,61,62)/t36-,37-,38-,39+,40-,41+,43?,49+,50+,51+,52+,53?,54+/m0/s1. The number of carbonyl (C=O) groups is 4. The molecule has 1 amide bonds. The lowest BCUT2D eigenvalue weighted by molar-refractivity contribution is -0.271. The van der Waals surface area contributed by atoms with Gasteiger partial charge in [-0.2, -0.15) is 0 Å². The van der Waals surface area contributed by atoms with E-state index in [4.69, 9.17) is 0 Å². The van der Waals surface area contributed by atoms with Gasteiger partial charge < -0.3 is 20.0 Å². The quantitative estimate of drug-likeness (QED) is 0.254. The van der Waals surface area contributed by atoms with E-state index in [2.05, 4.69) is 88.6 Å². The molecule has 6 aliphatic carbocycles. The molecule has 2 aliphatic heterocycles. The van der Waals surface area contributed by atoms with Crippen LogP contribution in [0.15, 0.2) is 30.3 Å².